The minimum absolute atomic E-state index is 0.264. The molecule has 5 nitrogen and oxygen atoms in total. The average molecular weight is 442 g/mol. The van der Waals surface area contributed by atoms with Crippen LogP contribution >= 0.6 is 0 Å². The zero-order chi connectivity index (χ0) is 22.3. The monoisotopic (exact) mass is 441 g/mol. The van der Waals surface area contributed by atoms with Gasteiger partial charge in [-0.25, -0.2) is 0 Å². The van der Waals surface area contributed by atoms with Crippen LogP contribution in [0.5, 0.6) is 5.75 Å². The van der Waals surface area contributed by atoms with Crippen molar-refractivity contribution in [2.75, 3.05) is 46.4 Å². The zero-order valence-corrected chi connectivity index (χ0v) is 20.3. The summed E-state index contributed by atoms with van der Waals surface area (Å²) in [5.41, 5.74) is 2.98. The Bertz CT molecular complexity index is 738. The largest absolute Gasteiger partial charge is 0.497 e. The molecule has 2 fully saturated rings. The molecule has 5 heteroatoms. The summed E-state index contributed by atoms with van der Waals surface area (Å²) in [4.78, 5) is 17.8. The Kier molecular flexibility index (Phi) is 8.48. The first-order valence-electron chi connectivity index (χ1n) is 13.1. The molecule has 1 aromatic rings. The Hall–Kier alpha value is -1.59. The third-order valence-electron chi connectivity index (χ3n) is 8.08. The van der Waals surface area contributed by atoms with Crippen LogP contribution < -0.4 is 10.1 Å². The van der Waals surface area contributed by atoms with Crippen LogP contribution in [0.3, 0.4) is 0 Å². The molecule has 1 atom stereocenters. The minimum atomic E-state index is 0.264. The van der Waals surface area contributed by atoms with E-state index in [1.54, 1.807) is 7.11 Å². The molecule has 2 heterocycles. The fraction of sp³-hybridized carbons (Fsp3) is 0.741. The Morgan fingerprint density at radius 1 is 1.09 bits per heavy atom. The van der Waals surface area contributed by atoms with Crippen LogP contribution in [0.2, 0.25) is 0 Å². The van der Waals surface area contributed by atoms with Gasteiger partial charge in [-0.15, -0.1) is 0 Å². The van der Waals surface area contributed by atoms with Crippen molar-refractivity contribution in [2.45, 2.75) is 70.8 Å². The lowest BCUT2D eigenvalue weighted by Crippen LogP contribution is -2.45. The van der Waals surface area contributed by atoms with Gasteiger partial charge in [0.25, 0.3) is 0 Å². The van der Waals surface area contributed by atoms with E-state index in [0.717, 1.165) is 57.1 Å². The Balaban J connectivity index is 1.26. The van der Waals surface area contributed by atoms with E-state index in [4.69, 9.17) is 4.74 Å². The number of carbonyl (C=O) groups is 1. The summed E-state index contributed by atoms with van der Waals surface area (Å²) in [6.07, 6.45) is 10.5. The molecule has 1 amide bonds. The summed E-state index contributed by atoms with van der Waals surface area (Å²) in [5, 5.41) is 3.37. The predicted octanol–water partition coefficient (Wildman–Crippen LogP) is 3.89. The normalized spacial score (nSPS) is 22.7. The maximum absolute atomic E-state index is 12.8. The summed E-state index contributed by atoms with van der Waals surface area (Å²) in [5.74, 6) is 2.44. The van der Waals surface area contributed by atoms with E-state index >= 15 is 0 Å². The second kappa shape index (κ2) is 11.5. The van der Waals surface area contributed by atoms with Crippen LogP contribution in [-0.4, -0.2) is 68.1 Å². The number of carbonyl (C=O) groups excluding carboxylic acids is 1. The molecule has 1 aliphatic carbocycles. The van der Waals surface area contributed by atoms with Gasteiger partial charge in [-0.1, -0.05) is 13.0 Å². The number of benzene rings is 1. The van der Waals surface area contributed by atoms with Crippen LogP contribution in [0.4, 0.5) is 0 Å². The number of ether oxygens (including phenoxy) is 1. The lowest BCUT2D eigenvalue weighted by Gasteiger charge is -2.38. The van der Waals surface area contributed by atoms with E-state index in [1.807, 2.05) is 0 Å². The molecular weight excluding hydrogens is 398 g/mol. The van der Waals surface area contributed by atoms with E-state index in [-0.39, 0.29) is 5.92 Å². The molecule has 32 heavy (non-hydrogen) atoms. The van der Waals surface area contributed by atoms with Crippen LogP contribution in [0.25, 0.3) is 0 Å². The number of methoxy groups -OCH3 is 1. The second-order valence-electron chi connectivity index (χ2n) is 10.1. The molecule has 2 saturated heterocycles. The van der Waals surface area contributed by atoms with Gasteiger partial charge in [0.1, 0.15) is 5.75 Å². The van der Waals surface area contributed by atoms with Crippen molar-refractivity contribution in [1.29, 1.82) is 0 Å². The van der Waals surface area contributed by atoms with Gasteiger partial charge in [0, 0.05) is 25.0 Å². The molecule has 1 aromatic carbocycles. The van der Waals surface area contributed by atoms with Crippen molar-refractivity contribution < 1.29 is 9.53 Å². The van der Waals surface area contributed by atoms with Crippen LogP contribution in [0, 0.1) is 11.8 Å². The lowest BCUT2D eigenvalue weighted by atomic mass is 9.86. The van der Waals surface area contributed by atoms with Gasteiger partial charge in [0.05, 0.1) is 7.11 Å². The highest BCUT2D eigenvalue weighted by atomic mass is 16.5. The smallest absolute Gasteiger partial charge is 0.225 e. The maximum Gasteiger partial charge on any atom is 0.225 e. The standard InChI is InChI=1S/C27H43N3O2/c1-3-15-29(25-6-4-22-5-7-26(32-2)20-24(22)19-25)16-10-21-11-17-30(18-12-21)27(31)23-8-13-28-14-9-23/h5,7,20-21,23,25,28H,3-4,6,8-19H2,1-2H3. The lowest BCUT2D eigenvalue weighted by molar-refractivity contribution is -0.137. The Morgan fingerprint density at radius 3 is 2.59 bits per heavy atom. The summed E-state index contributed by atoms with van der Waals surface area (Å²) in [7, 11) is 1.76. The molecule has 0 aromatic heterocycles. The molecule has 0 bridgehead atoms. The second-order valence-corrected chi connectivity index (χ2v) is 10.1. The van der Waals surface area contributed by atoms with Crippen molar-refractivity contribution >= 4 is 5.91 Å². The quantitative estimate of drug-likeness (QED) is 0.665. The van der Waals surface area contributed by atoms with Crippen molar-refractivity contribution in [3.8, 4) is 5.75 Å². The summed E-state index contributed by atoms with van der Waals surface area (Å²) < 4.78 is 5.47. The van der Waals surface area contributed by atoms with Gasteiger partial charge in [0.15, 0.2) is 0 Å². The summed E-state index contributed by atoms with van der Waals surface area (Å²) in [6, 6.07) is 7.26. The Morgan fingerprint density at radius 2 is 1.88 bits per heavy atom. The third-order valence-corrected chi connectivity index (χ3v) is 8.08. The number of aryl methyl sites for hydroxylation is 1. The van der Waals surface area contributed by atoms with Crippen LogP contribution in [0.15, 0.2) is 18.2 Å². The molecule has 0 saturated carbocycles. The van der Waals surface area contributed by atoms with Crippen molar-refractivity contribution in [1.82, 2.24) is 15.1 Å². The minimum Gasteiger partial charge on any atom is -0.497 e. The molecular formula is C27H43N3O2. The number of rotatable bonds is 8. The fourth-order valence-electron chi connectivity index (χ4n) is 6.03. The first kappa shape index (κ1) is 23.6. The number of fused-ring (bicyclic) bond motifs is 1. The van der Waals surface area contributed by atoms with Gasteiger partial charge in [0.2, 0.25) is 5.91 Å². The maximum atomic E-state index is 12.8. The average Bonchev–Trinajstić information content (AvgIpc) is 2.86. The van der Waals surface area contributed by atoms with Crippen LogP contribution in [-0.2, 0) is 17.6 Å². The molecule has 0 radical (unpaired) electrons. The number of nitrogens with zero attached hydrogens (tertiary/aromatic N) is 2. The third kappa shape index (κ3) is 5.85. The number of hydrogen-bond donors (Lipinski definition) is 1. The number of hydrogen-bond acceptors (Lipinski definition) is 4. The van der Waals surface area contributed by atoms with Crippen molar-refractivity contribution in [2.24, 2.45) is 11.8 Å². The highest BCUT2D eigenvalue weighted by molar-refractivity contribution is 5.79. The molecule has 1 unspecified atom stereocenters. The number of likely N-dealkylation sites (tertiary alicyclic amines) is 1. The molecule has 178 valence electrons. The van der Waals surface area contributed by atoms with E-state index in [1.165, 1.54) is 62.7 Å². The molecule has 0 spiro atoms. The summed E-state index contributed by atoms with van der Waals surface area (Å²) in [6.45, 7) is 8.63. The summed E-state index contributed by atoms with van der Waals surface area (Å²) >= 11 is 0. The first-order valence-corrected chi connectivity index (χ1v) is 13.1. The van der Waals surface area contributed by atoms with E-state index in [0.29, 0.717) is 11.9 Å². The predicted molar refractivity (Wildman–Crippen MR) is 130 cm³/mol. The zero-order valence-electron chi connectivity index (χ0n) is 20.3. The van der Waals surface area contributed by atoms with Crippen molar-refractivity contribution in [3.63, 3.8) is 0 Å². The van der Waals surface area contributed by atoms with E-state index in [2.05, 4.69) is 40.2 Å². The number of nitrogens with one attached hydrogen (secondary N) is 1. The van der Waals surface area contributed by atoms with Gasteiger partial charge < -0.3 is 19.9 Å². The molecule has 1 N–H and O–H groups in total. The molecule has 4 rings (SSSR count). The molecule has 2 aliphatic heterocycles. The Labute approximate surface area is 194 Å². The van der Waals surface area contributed by atoms with Gasteiger partial charge in [-0.3, -0.25) is 4.79 Å². The van der Waals surface area contributed by atoms with Gasteiger partial charge in [-0.05, 0) is 113 Å². The topological polar surface area (TPSA) is 44.8 Å². The van der Waals surface area contributed by atoms with Gasteiger partial charge >= 0.3 is 0 Å². The van der Waals surface area contributed by atoms with E-state index < -0.39 is 0 Å². The fourth-order valence-corrected chi connectivity index (χ4v) is 6.03. The van der Waals surface area contributed by atoms with Crippen LogP contribution in [0.1, 0.15) is 63.0 Å². The highest BCUT2D eigenvalue weighted by Crippen LogP contribution is 2.29. The highest BCUT2D eigenvalue weighted by Gasteiger charge is 2.30. The number of piperidine rings is 2. The van der Waals surface area contributed by atoms with E-state index in [9.17, 15) is 4.79 Å². The first-order chi connectivity index (χ1) is 15.7. The van der Waals surface area contributed by atoms with Crippen molar-refractivity contribution in [3.05, 3.63) is 29.3 Å². The molecule has 3 aliphatic rings. The SMILES string of the molecule is CCCN(CCC1CCN(C(=O)C2CCNCC2)CC1)C1CCc2ccc(OC)cc2C1. The number of amides is 1. The van der Waals surface area contributed by atoms with Gasteiger partial charge in [-0.2, -0.15) is 0 Å².